The molecule has 0 amide bonds. The number of fused-ring (bicyclic) bond motifs is 1. The number of aromatic nitrogens is 1. The number of esters is 1. The lowest BCUT2D eigenvalue weighted by Crippen LogP contribution is -2.16. The second kappa shape index (κ2) is 6.45. The highest BCUT2D eigenvalue weighted by Gasteiger charge is 2.23. The number of Topliss-reactive ketones (excluding diaryl/α,β-unsaturated/α-hetero) is 1. The maximum absolute atomic E-state index is 11.9. The number of carbonyl (C=O) groups is 2. The third-order valence-electron chi connectivity index (χ3n) is 3.62. The summed E-state index contributed by atoms with van der Waals surface area (Å²) in [5.74, 6) is 0.0134. The lowest BCUT2D eigenvalue weighted by Gasteiger charge is -2.23. The summed E-state index contributed by atoms with van der Waals surface area (Å²) in [5.41, 5.74) is 2.33. The molecule has 19 heavy (non-hydrogen) atoms. The van der Waals surface area contributed by atoms with E-state index in [0.29, 0.717) is 6.42 Å². The van der Waals surface area contributed by atoms with Crippen LogP contribution in [0.4, 0.5) is 0 Å². The van der Waals surface area contributed by atoms with E-state index in [1.54, 1.807) is 6.20 Å². The molecule has 1 atom stereocenters. The highest BCUT2D eigenvalue weighted by molar-refractivity contribution is 5.83. The van der Waals surface area contributed by atoms with Gasteiger partial charge in [0.1, 0.15) is 5.78 Å². The van der Waals surface area contributed by atoms with Crippen LogP contribution < -0.4 is 0 Å². The minimum Gasteiger partial charge on any atom is -0.469 e. The zero-order chi connectivity index (χ0) is 13.7. The molecule has 4 nitrogen and oxygen atoms in total. The van der Waals surface area contributed by atoms with E-state index in [1.807, 2.05) is 6.07 Å². The van der Waals surface area contributed by atoms with E-state index in [9.17, 15) is 9.59 Å². The van der Waals surface area contributed by atoms with Gasteiger partial charge < -0.3 is 4.74 Å². The van der Waals surface area contributed by atoms with Gasteiger partial charge in [0.15, 0.2) is 0 Å². The molecule has 0 N–H and O–H groups in total. The predicted octanol–water partition coefficient (Wildman–Crippen LogP) is 2.41. The van der Waals surface area contributed by atoms with E-state index >= 15 is 0 Å². The number of pyridine rings is 1. The Kier molecular flexibility index (Phi) is 4.66. The molecule has 0 aromatic carbocycles. The number of rotatable bonds is 5. The van der Waals surface area contributed by atoms with Crippen LogP contribution in [-0.2, 0) is 20.7 Å². The second-order valence-corrected chi connectivity index (χ2v) is 4.96. The lowest BCUT2D eigenvalue weighted by molar-refractivity contribution is -0.142. The van der Waals surface area contributed by atoms with Crippen LogP contribution in [-0.4, -0.2) is 23.8 Å². The normalized spacial score (nSPS) is 17.6. The van der Waals surface area contributed by atoms with Gasteiger partial charge >= 0.3 is 5.97 Å². The Morgan fingerprint density at radius 1 is 1.42 bits per heavy atom. The van der Waals surface area contributed by atoms with Crippen molar-refractivity contribution in [2.75, 3.05) is 7.11 Å². The minimum atomic E-state index is -0.324. The Hall–Kier alpha value is -1.71. The fraction of sp³-hybridized carbons (Fsp3) is 0.533. The highest BCUT2D eigenvalue weighted by atomic mass is 16.5. The van der Waals surface area contributed by atoms with Gasteiger partial charge in [0.05, 0.1) is 13.5 Å². The van der Waals surface area contributed by atoms with E-state index in [4.69, 9.17) is 0 Å². The monoisotopic (exact) mass is 261 g/mol. The van der Waals surface area contributed by atoms with Gasteiger partial charge in [-0.2, -0.15) is 0 Å². The van der Waals surface area contributed by atoms with Crippen LogP contribution in [0.3, 0.4) is 0 Å². The topological polar surface area (TPSA) is 56.3 Å². The van der Waals surface area contributed by atoms with Gasteiger partial charge in [0, 0.05) is 30.7 Å². The molecule has 2 rings (SSSR count). The minimum absolute atomic E-state index is 0.119. The van der Waals surface area contributed by atoms with Gasteiger partial charge in [0.2, 0.25) is 0 Å². The Balaban J connectivity index is 1.93. The van der Waals surface area contributed by atoms with Gasteiger partial charge in [-0.3, -0.25) is 14.6 Å². The smallest absolute Gasteiger partial charge is 0.305 e. The summed E-state index contributed by atoms with van der Waals surface area (Å²) in [6, 6.07) is 4.04. The van der Waals surface area contributed by atoms with Crippen molar-refractivity contribution in [1.82, 2.24) is 4.98 Å². The molecule has 0 aliphatic heterocycles. The number of ketones is 1. The molecule has 1 aliphatic carbocycles. The molecule has 102 valence electrons. The summed E-state index contributed by atoms with van der Waals surface area (Å²) in [5, 5.41) is 0. The largest absolute Gasteiger partial charge is 0.469 e. The molecule has 4 heteroatoms. The quantitative estimate of drug-likeness (QED) is 0.764. The fourth-order valence-corrected chi connectivity index (χ4v) is 2.62. The molecular formula is C15H19NO3. The summed E-state index contributed by atoms with van der Waals surface area (Å²) in [7, 11) is 1.34. The van der Waals surface area contributed by atoms with Gasteiger partial charge in [-0.05, 0) is 30.9 Å². The average Bonchev–Trinajstić information content (AvgIpc) is 2.45. The maximum Gasteiger partial charge on any atom is 0.305 e. The van der Waals surface area contributed by atoms with Gasteiger partial charge in [-0.15, -0.1) is 0 Å². The van der Waals surface area contributed by atoms with Crippen molar-refractivity contribution in [2.45, 2.75) is 44.4 Å². The molecule has 0 saturated carbocycles. The molecule has 1 aromatic heterocycles. The third-order valence-corrected chi connectivity index (χ3v) is 3.62. The van der Waals surface area contributed by atoms with Crippen LogP contribution in [0.1, 0.15) is 49.3 Å². The zero-order valence-electron chi connectivity index (χ0n) is 11.2. The number of hydrogen-bond acceptors (Lipinski definition) is 4. The van der Waals surface area contributed by atoms with Crippen molar-refractivity contribution in [3.05, 3.63) is 29.6 Å². The molecule has 0 fully saturated rings. The van der Waals surface area contributed by atoms with E-state index in [-0.39, 0.29) is 30.5 Å². The third kappa shape index (κ3) is 3.63. The highest BCUT2D eigenvalue weighted by Crippen LogP contribution is 2.32. The van der Waals surface area contributed by atoms with E-state index < -0.39 is 0 Å². The first-order valence-electron chi connectivity index (χ1n) is 6.73. The molecular weight excluding hydrogens is 242 g/mol. The summed E-state index contributed by atoms with van der Waals surface area (Å²) in [4.78, 5) is 27.3. The zero-order valence-corrected chi connectivity index (χ0v) is 11.2. The van der Waals surface area contributed by atoms with E-state index in [2.05, 4.69) is 15.8 Å². The summed E-state index contributed by atoms with van der Waals surface area (Å²) >= 11 is 0. The summed E-state index contributed by atoms with van der Waals surface area (Å²) < 4.78 is 4.54. The van der Waals surface area contributed by atoms with Crippen LogP contribution in [0.15, 0.2) is 18.3 Å². The first kappa shape index (κ1) is 13.7. The number of aryl methyl sites for hydroxylation is 1. The van der Waals surface area contributed by atoms with Crippen molar-refractivity contribution in [3.8, 4) is 0 Å². The number of hydrogen-bond donors (Lipinski definition) is 0. The standard InChI is InChI=1S/C15H19NO3/c1-19-14(18)8-7-13(17)10-12-5-2-4-11-6-3-9-16-15(11)12/h3,6,9,12H,2,4-5,7-8,10H2,1H3. The number of nitrogens with zero attached hydrogens (tertiary/aromatic N) is 1. The number of carbonyl (C=O) groups excluding carboxylic acids is 2. The second-order valence-electron chi connectivity index (χ2n) is 4.96. The fourth-order valence-electron chi connectivity index (χ4n) is 2.62. The van der Waals surface area contributed by atoms with Crippen molar-refractivity contribution in [1.29, 1.82) is 0 Å². The summed E-state index contributed by atoms with van der Waals surface area (Å²) in [6.07, 6.45) is 5.89. The Bertz CT molecular complexity index is 470. The van der Waals surface area contributed by atoms with Crippen LogP contribution in [0.25, 0.3) is 0 Å². The number of methoxy groups -OCH3 is 1. The van der Waals surface area contributed by atoms with Crippen molar-refractivity contribution in [3.63, 3.8) is 0 Å². The average molecular weight is 261 g/mol. The van der Waals surface area contributed by atoms with Gasteiger partial charge in [-0.25, -0.2) is 0 Å². The molecule has 1 unspecified atom stereocenters. The maximum atomic E-state index is 11.9. The molecule has 0 radical (unpaired) electrons. The van der Waals surface area contributed by atoms with E-state index in [1.165, 1.54) is 12.7 Å². The van der Waals surface area contributed by atoms with Crippen LogP contribution >= 0.6 is 0 Å². The SMILES string of the molecule is COC(=O)CCC(=O)CC1CCCc2cccnc21. The van der Waals surface area contributed by atoms with Gasteiger partial charge in [-0.1, -0.05) is 6.07 Å². The van der Waals surface area contributed by atoms with Crippen LogP contribution in [0.5, 0.6) is 0 Å². The lowest BCUT2D eigenvalue weighted by atomic mass is 9.83. The molecule has 1 heterocycles. The van der Waals surface area contributed by atoms with Crippen molar-refractivity contribution in [2.24, 2.45) is 0 Å². The van der Waals surface area contributed by atoms with Crippen molar-refractivity contribution >= 4 is 11.8 Å². The summed E-state index contributed by atoms with van der Waals surface area (Å²) in [6.45, 7) is 0. The predicted molar refractivity (Wildman–Crippen MR) is 70.8 cm³/mol. The molecule has 0 saturated heterocycles. The van der Waals surface area contributed by atoms with Crippen LogP contribution in [0, 0.1) is 0 Å². The molecule has 1 aromatic rings. The molecule has 1 aliphatic rings. The van der Waals surface area contributed by atoms with Crippen LogP contribution in [0.2, 0.25) is 0 Å². The Morgan fingerprint density at radius 2 is 2.26 bits per heavy atom. The van der Waals surface area contributed by atoms with Gasteiger partial charge in [0.25, 0.3) is 0 Å². The Labute approximate surface area is 113 Å². The molecule has 0 spiro atoms. The molecule has 0 bridgehead atoms. The Morgan fingerprint density at radius 3 is 3.05 bits per heavy atom. The van der Waals surface area contributed by atoms with E-state index in [0.717, 1.165) is 25.0 Å². The first-order valence-corrected chi connectivity index (χ1v) is 6.73. The number of ether oxygens (including phenoxy) is 1. The van der Waals surface area contributed by atoms with Crippen molar-refractivity contribution < 1.29 is 14.3 Å². The first-order chi connectivity index (χ1) is 9.20.